The molecule has 0 unspecified atom stereocenters. The molecule has 0 spiro atoms. The number of halogens is 4. The van der Waals surface area contributed by atoms with Crippen molar-refractivity contribution in [2.24, 2.45) is 7.05 Å². The largest absolute Gasteiger partial charge is 0.497 e. The molecule has 164 valence electrons. The van der Waals surface area contributed by atoms with Crippen LogP contribution in [0.2, 0.25) is 5.02 Å². The van der Waals surface area contributed by atoms with Gasteiger partial charge < -0.3 is 9.30 Å². The van der Waals surface area contributed by atoms with Crippen molar-refractivity contribution in [3.63, 3.8) is 0 Å². The topological polar surface area (TPSA) is 102 Å². The highest BCUT2D eigenvalue weighted by atomic mass is 35.5. The second kappa shape index (κ2) is 8.57. The smallest absolute Gasteiger partial charge is 0.269 e. The number of aryl methyl sites for hydroxylation is 1. The van der Waals surface area contributed by atoms with Gasteiger partial charge in [-0.3, -0.25) is 10.2 Å². The molecule has 0 aliphatic rings. The number of amides is 1. The number of carbonyl (C=O) groups excluding carboxylic acids is 1. The summed E-state index contributed by atoms with van der Waals surface area (Å²) in [6.07, 6.45) is 3.06. The molecule has 0 aliphatic carbocycles. The second-order valence-corrected chi connectivity index (χ2v) is 8.25. The maximum absolute atomic E-state index is 14.4. The number of hydrogen-bond acceptors (Lipinski definition) is 5. The molecule has 0 saturated carbocycles. The Labute approximate surface area is 179 Å². The van der Waals surface area contributed by atoms with Crippen LogP contribution < -0.4 is 15.0 Å². The molecule has 1 aromatic heterocycles. The number of carbonyl (C=O) groups is 1. The first-order valence-electron chi connectivity index (χ1n) is 8.36. The van der Waals surface area contributed by atoms with Crippen LogP contribution in [0.4, 0.5) is 13.2 Å². The fourth-order valence-electron chi connectivity index (χ4n) is 2.61. The summed E-state index contributed by atoms with van der Waals surface area (Å²) in [7, 11) is -2.06. The van der Waals surface area contributed by atoms with Gasteiger partial charge in [-0.2, -0.15) is 0 Å². The van der Waals surface area contributed by atoms with E-state index in [-0.39, 0.29) is 11.3 Å². The van der Waals surface area contributed by atoms with Crippen molar-refractivity contribution in [3.05, 3.63) is 64.8 Å². The zero-order chi connectivity index (χ0) is 22.9. The monoisotopic (exact) mass is 474 g/mol. The highest BCUT2D eigenvalue weighted by molar-refractivity contribution is 7.89. The van der Waals surface area contributed by atoms with Crippen LogP contribution in [0, 0.1) is 17.5 Å². The Bertz CT molecular complexity index is 1260. The number of aromatic nitrogens is 2. The minimum atomic E-state index is -4.89. The van der Waals surface area contributed by atoms with Gasteiger partial charge in [-0.05, 0) is 12.1 Å². The van der Waals surface area contributed by atoms with Crippen LogP contribution in [0.25, 0.3) is 11.3 Å². The van der Waals surface area contributed by atoms with Gasteiger partial charge in [-0.15, -0.1) is 4.83 Å². The lowest BCUT2D eigenvalue weighted by molar-refractivity contribution is 0.0941. The van der Waals surface area contributed by atoms with Gasteiger partial charge in [-0.25, -0.2) is 26.6 Å². The number of hydrogen-bond donors (Lipinski definition) is 2. The molecular weight excluding hydrogens is 461 g/mol. The zero-order valence-electron chi connectivity index (χ0n) is 15.9. The molecule has 0 saturated heterocycles. The minimum Gasteiger partial charge on any atom is -0.497 e. The predicted octanol–water partition coefficient (Wildman–Crippen LogP) is 2.79. The predicted molar refractivity (Wildman–Crippen MR) is 104 cm³/mol. The lowest BCUT2D eigenvalue weighted by Crippen LogP contribution is -2.42. The third kappa shape index (κ3) is 4.65. The van der Waals surface area contributed by atoms with Gasteiger partial charge >= 0.3 is 0 Å². The summed E-state index contributed by atoms with van der Waals surface area (Å²) >= 11 is 5.84. The number of hydrazine groups is 1. The van der Waals surface area contributed by atoms with Crippen molar-refractivity contribution in [1.29, 1.82) is 0 Å². The summed E-state index contributed by atoms with van der Waals surface area (Å²) < 4.78 is 73.3. The minimum absolute atomic E-state index is 0.249. The van der Waals surface area contributed by atoms with Crippen LogP contribution in [0.5, 0.6) is 5.75 Å². The van der Waals surface area contributed by atoms with Crippen LogP contribution >= 0.6 is 11.6 Å². The van der Waals surface area contributed by atoms with E-state index in [1.807, 2.05) is 0 Å². The van der Waals surface area contributed by atoms with Crippen LogP contribution in [-0.4, -0.2) is 31.0 Å². The van der Waals surface area contributed by atoms with Crippen LogP contribution in [-0.2, 0) is 17.1 Å². The number of benzene rings is 2. The Kier molecular flexibility index (Phi) is 6.25. The van der Waals surface area contributed by atoms with Gasteiger partial charge in [0.15, 0.2) is 10.7 Å². The van der Waals surface area contributed by atoms with E-state index >= 15 is 0 Å². The van der Waals surface area contributed by atoms with Crippen molar-refractivity contribution in [2.45, 2.75) is 4.90 Å². The molecular formula is C18H14ClF3N4O4S. The molecule has 2 N–H and O–H groups in total. The Balaban J connectivity index is 1.88. The molecule has 0 bridgehead atoms. The summed E-state index contributed by atoms with van der Waals surface area (Å²) in [5.41, 5.74) is 1.75. The number of imidazole rings is 1. The SMILES string of the molecule is COc1cc(F)c(S(=O)(=O)NNC(=O)c2cc(-c3cn(C)cn3)cc(Cl)c2F)c(F)c1. The van der Waals surface area contributed by atoms with Crippen LogP contribution in [0.15, 0.2) is 41.7 Å². The number of nitrogens with one attached hydrogen (secondary N) is 2. The molecule has 3 rings (SSSR count). The van der Waals surface area contributed by atoms with Gasteiger partial charge in [0, 0.05) is 30.9 Å². The maximum atomic E-state index is 14.4. The van der Waals surface area contributed by atoms with Gasteiger partial charge in [0.2, 0.25) is 0 Å². The number of nitrogens with zero attached hydrogens (tertiary/aromatic N) is 2. The van der Waals surface area contributed by atoms with E-state index in [0.29, 0.717) is 17.8 Å². The normalized spacial score (nSPS) is 11.4. The van der Waals surface area contributed by atoms with E-state index < -0.39 is 48.9 Å². The Morgan fingerprint density at radius 3 is 2.35 bits per heavy atom. The average Bonchev–Trinajstić information content (AvgIpc) is 3.13. The number of methoxy groups -OCH3 is 1. The number of sulfonamides is 1. The first kappa shape index (κ1) is 22.6. The molecule has 0 atom stereocenters. The molecule has 1 heterocycles. The third-order valence-corrected chi connectivity index (χ3v) is 5.62. The van der Waals surface area contributed by atoms with E-state index in [2.05, 4.69) is 9.72 Å². The van der Waals surface area contributed by atoms with Crippen LogP contribution in [0.1, 0.15) is 10.4 Å². The van der Waals surface area contributed by atoms with Crippen molar-refractivity contribution in [1.82, 2.24) is 19.8 Å². The van der Waals surface area contributed by atoms with Crippen LogP contribution in [0.3, 0.4) is 0 Å². The molecule has 1 amide bonds. The average molecular weight is 475 g/mol. The van der Waals surface area contributed by atoms with E-state index in [9.17, 15) is 26.4 Å². The molecule has 0 radical (unpaired) electrons. The van der Waals surface area contributed by atoms with Gasteiger partial charge in [-0.1, -0.05) is 11.6 Å². The quantitative estimate of drug-likeness (QED) is 0.535. The molecule has 8 nitrogen and oxygen atoms in total. The number of ether oxygens (including phenoxy) is 1. The summed E-state index contributed by atoms with van der Waals surface area (Å²) in [5.74, 6) is -5.54. The molecule has 0 fully saturated rings. The summed E-state index contributed by atoms with van der Waals surface area (Å²) in [6, 6.07) is 3.63. The highest BCUT2D eigenvalue weighted by Crippen LogP contribution is 2.27. The summed E-state index contributed by atoms with van der Waals surface area (Å²) in [5, 5.41) is -0.414. The van der Waals surface area contributed by atoms with Gasteiger partial charge in [0.25, 0.3) is 15.9 Å². The van der Waals surface area contributed by atoms with Crippen molar-refractivity contribution in [3.8, 4) is 17.0 Å². The second-order valence-electron chi connectivity index (χ2n) is 6.22. The standard InChI is InChI=1S/C18H14ClF3N4O4S/c1-26-7-15(23-8-26)9-3-11(16(22)12(19)4-9)18(27)24-25-31(28,29)17-13(20)5-10(30-2)6-14(17)21/h3-8,25H,1-2H3,(H,24,27). The third-order valence-electron chi connectivity index (χ3n) is 4.05. The zero-order valence-corrected chi connectivity index (χ0v) is 17.5. The molecule has 0 aliphatic heterocycles. The Hall–Kier alpha value is -3.09. The van der Waals surface area contributed by atoms with E-state index in [1.54, 1.807) is 23.2 Å². The molecule has 31 heavy (non-hydrogen) atoms. The fraction of sp³-hybridized carbons (Fsp3) is 0.111. The maximum Gasteiger partial charge on any atom is 0.269 e. The fourth-order valence-corrected chi connectivity index (χ4v) is 3.79. The summed E-state index contributed by atoms with van der Waals surface area (Å²) in [4.78, 5) is 16.6. The Morgan fingerprint density at radius 1 is 1.16 bits per heavy atom. The van der Waals surface area contributed by atoms with Crippen molar-refractivity contribution < 1.29 is 31.1 Å². The van der Waals surface area contributed by atoms with E-state index in [1.165, 1.54) is 17.2 Å². The molecule has 2 aromatic carbocycles. The van der Waals surface area contributed by atoms with Gasteiger partial charge in [0.05, 0.1) is 29.7 Å². The van der Waals surface area contributed by atoms with Crippen molar-refractivity contribution in [2.75, 3.05) is 7.11 Å². The summed E-state index contributed by atoms with van der Waals surface area (Å²) in [6.45, 7) is 0. The molecule has 3 aromatic rings. The lowest BCUT2D eigenvalue weighted by atomic mass is 10.1. The van der Waals surface area contributed by atoms with E-state index in [4.69, 9.17) is 11.6 Å². The molecule has 13 heteroatoms. The highest BCUT2D eigenvalue weighted by Gasteiger charge is 2.27. The Morgan fingerprint density at radius 2 is 1.81 bits per heavy atom. The van der Waals surface area contributed by atoms with E-state index in [0.717, 1.165) is 13.2 Å². The van der Waals surface area contributed by atoms with Crippen molar-refractivity contribution >= 4 is 27.5 Å². The lowest BCUT2D eigenvalue weighted by Gasteiger charge is -2.12. The first-order chi connectivity index (χ1) is 14.5. The van der Waals surface area contributed by atoms with Gasteiger partial charge in [0.1, 0.15) is 17.4 Å². The first-order valence-corrected chi connectivity index (χ1v) is 10.2. The number of rotatable bonds is 6.